The summed E-state index contributed by atoms with van der Waals surface area (Å²) in [5.74, 6) is -0.247. The number of amides is 1. The minimum Gasteiger partial charge on any atom is -0.397 e. The minimum atomic E-state index is -0.247. The molecule has 6 heteroatoms. The molecule has 3 N–H and O–H groups in total. The topological polar surface area (TPSA) is 72.9 Å². The zero-order chi connectivity index (χ0) is 14.0. The molecule has 1 amide bonds. The van der Waals surface area contributed by atoms with E-state index in [0.717, 1.165) is 11.3 Å². The highest BCUT2D eigenvalue weighted by Crippen LogP contribution is 2.22. The summed E-state index contributed by atoms with van der Waals surface area (Å²) in [6.07, 6.45) is 1.87. The first-order valence-corrected chi connectivity index (χ1v) is 6.18. The number of hydrogen-bond donors (Lipinski definition) is 2. The largest absolute Gasteiger partial charge is 0.397 e. The Labute approximate surface area is 116 Å². The third-order valence-electron chi connectivity index (χ3n) is 2.85. The molecule has 0 radical (unpaired) electrons. The van der Waals surface area contributed by atoms with E-state index < -0.39 is 0 Å². The first-order valence-electron chi connectivity index (χ1n) is 5.80. The van der Waals surface area contributed by atoms with Gasteiger partial charge < -0.3 is 11.1 Å². The lowest BCUT2D eigenvalue weighted by atomic mass is 10.1. The molecule has 19 heavy (non-hydrogen) atoms. The van der Waals surface area contributed by atoms with Crippen molar-refractivity contribution < 1.29 is 4.79 Å². The maximum atomic E-state index is 12.0. The van der Waals surface area contributed by atoms with Gasteiger partial charge in [0.15, 0.2) is 0 Å². The van der Waals surface area contributed by atoms with E-state index in [-0.39, 0.29) is 5.91 Å². The molecular weight excluding hydrogens is 264 g/mol. The van der Waals surface area contributed by atoms with Crippen molar-refractivity contribution in [3.63, 3.8) is 0 Å². The Balaban J connectivity index is 2.10. The highest BCUT2D eigenvalue weighted by molar-refractivity contribution is 6.33. The Kier molecular flexibility index (Phi) is 3.76. The monoisotopic (exact) mass is 278 g/mol. The molecule has 0 unspecified atom stereocenters. The number of nitrogen functional groups attached to an aromatic ring is 1. The normalized spacial score (nSPS) is 10.5. The Morgan fingerprint density at radius 1 is 1.53 bits per heavy atom. The quantitative estimate of drug-likeness (QED) is 0.842. The van der Waals surface area contributed by atoms with Gasteiger partial charge in [0.1, 0.15) is 0 Å². The number of anilines is 1. The second-order valence-corrected chi connectivity index (χ2v) is 4.70. The number of carbonyl (C=O) groups excluding carboxylic acids is 1. The van der Waals surface area contributed by atoms with Crippen LogP contribution in [0.5, 0.6) is 0 Å². The van der Waals surface area contributed by atoms with Crippen LogP contribution < -0.4 is 11.1 Å². The summed E-state index contributed by atoms with van der Waals surface area (Å²) in [6.45, 7) is 2.31. The molecule has 2 rings (SSSR count). The fourth-order valence-electron chi connectivity index (χ4n) is 1.83. The lowest BCUT2D eigenvalue weighted by Gasteiger charge is -2.08. The number of nitrogens with two attached hydrogens (primary N) is 1. The summed E-state index contributed by atoms with van der Waals surface area (Å²) in [7, 11) is 1.84. The molecule has 0 aliphatic carbocycles. The van der Waals surface area contributed by atoms with Crippen LogP contribution in [0.1, 0.15) is 21.6 Å². The first kappa shape index (κ1) is 13.4. The number of hydrogen-bond acceptors (Lipinski definition) is 3. The zero-order valence-electron chi connectivity index (χ0n) is 10.8. The van der Waals surface area contributed by atoms with Crippen LogP contribution in [-0.2, 0) is 13.6 Å². The van der Waals surface area contributed by atoms with Crippen LogP contribution >= 0.6 is 11.6 Å². The minimum absolute atomic E-state index is 0.247. The Morgan fingerprint density at radius 3 is 2.89 bits per heavy atom. The molecule has 0 atom stereocenters. The summed E-state index contributed by atoms with van der Waals surface area (Å²) >= 11 is 5.89. The van der Waals surface area contributed by atoms with E-state index in [1.807, 2.05) is 20.2 Å². The number of rotatable bonds is 3. The van der Waals surface area contributed by atoms with Crippen molar-refractivity contribution >= 4 is 23.2 Å². The molecule has 0 spiro atoms. The predicted molar refractivity (Wildman–Crippen MR) is 75.0 cm³/mol. The lowest BCUT2D eigenvalue weighted by Crippen LogP contribution is -2.24. The van der Waals surface area contributed by atoms with Gasteiger partial charge in [-0.3, -0.25) is 9.48 Å². The van der Waals surface area contributed by atoms with Crippen LogP contribution in [0.25, 0.3) is 0 Å². The standard InChI is InChI=1S/C13H15ClN4O/c1-8-9(7-18(2)17-8)6-16-13(19)10-4-3-5-11(14)12(10)15/h3-5,7H,6,15H2,1-2H3,(H,16,19). The summed E-state index contributed by atoms with van der Waals surface area (Å²) in [5.41, 5.74) is 8.32. The van der Waals surface area contributed by atoms with Crippen LogP contribution in [0.4, 0.5) is 5.69 Å². The highest BCUT2D eigenvalue weighted by Gasteiger charge is 2.12. The van der Waals surface area contributed by atoms with Gasteiger partial charge in [-0.15, -0.1) is 0 Å². The SMILES string of the molecule is Cc1nn(C)cc1CNC(=O)c1cccc(Cl)c1N. The maximum Gasteiger partial charge on any atom is 0.253 e. The van der Waals surface area contributed by atoms with Gasteiger partial charge in [-0.25, -0.2) is 0 Å². The molecular formula is C13H15ClN4O. The van der Waals surface area contributed by atoms with E-state index in [9.17, 15) is 4.79 Å². The Bertz CT molecular complexity index is 621. The van der Waals surface area contributed by atoms with Crippen molar-refractivity contribution in [2.24, 2.45) is 7.05 Å². The molecule has 5 nitrogen and oxygen atoms in total. The molecule has 0 bridgehead atoms. The van der Waals surface area contributed by atoms with Crippen LogP contribution in [-0.4, -0.2) is 15.7 Å². The molecule has 0 saturated carbocycles. The smallest absolute Gasteiger partial charge is 0.253 e. The van der Waals surface area contributed by atoms with Crippen molar-refractivity contribution in [2.75, 3.05) is 5.73 Å². The highest BCUT2D eigenvalue weighted by atomic mass is 35.5. The Hall–Kier alpha value is -2.01. The number of aromatic nitrogens is 2. The molecule has 0 fully saturated rings. The van der Waals surface area contributed by atoms with Crippen molar-refractivity contribution in [2.45, 2.75) is 13.5 Å². The third-order valence-corrected chi connectivity index (χ3v) is 3.18. The van der Waals surface area contributed by atoms with Gasteiger partial charge >= 0.3 is 0 Å². The summed E-state index contributed by atoms with van der Waals surface area (Å²) in [4.78, 5) is 12.0. The van der Waals surface area contributed by atoms with Crippen LogP contribution in [0.2, 0.25) is 5.02 Å². The van der Waals surface area contributed by atoms with E-state index in [1.165, 1.54) is 0 Å². The van der Waals surface area contributed by atoms with Crippen molar-refractivity contribution in [3.8, 4) is 0 Å². The number of nitrogens with zero attached hydrogens (tertiary/aromatic N) is 2. The Morgan fingerprint density at radius 2 is 2.26 bits per heavy atom. The van der Waals surface area contributed by atoms with Crippen molar-refractivity contribution in [1.29, 1.82) is 0 Å². The summed E-state index contributed by atoms with van der Waals surface area (Å²) < 4.78 is 1.71. The van der Waals surface area contributed by atoms with Crippen LogP contribution in [0.15, 0.2) is 24.4 Å². The molecule has 0 saturated heterocycles. The summed E-state index contributed by atoms with van der Waals surface area (Å²) in [6, 6.07) is 4.99. The fraction of sp³-hybridized carbons (Fsp3) is 0.231. The van der Waals surface area contributed by atoms with Crippen LogP contribution in [0.3, 0.4) is 0 Å². The number of benzene rings is 1. The number of aryl methyl sites for hydroxylation is 2. The van der Waals surface area contributed by atoms with Gasteiger partial charge in [0, 0.05) is 25.4 Å². The average Bonchev–Trinajstić information content (AvgIpc) is 2.68. The number of para-hydroxylation sites is 1. The predicted octanol–water partition coefficient (Wildman–Crippen LogP) is 1.89. The molecule has 0 aliphatic rings. The number of halogens is 1. The molecule has 100 valence electrons. The van der Waals surface area contributed by atoms with Crippen molar-refractivity contribution in [3.05, 3.63) is 46.2 Å². The molecule has 1 heterocycles. The van der Waals surface area contributed by atoms with Gasteiger partial charge in [0.2, 0.25) is 0 Å². The van der Waals surface area contributed by atoms with E-state index in [1.54, 1.807) is 22.9 Å². The van der Waals surface area contributed by atoms with Gasteiger partial charge in [0.25, 0.3) is 5.91 Å². The van der Waals surface area contributed by atoms with Crippen LogP contribution in [0, 0.1) is 6.92 Å². The third kappa shape index (κ3) is 2.88. The van der Waals surface area contributed by atoms with Gasteiger partial charge in [-0.2, -0.15) is 5.10 Å². The molecule has 0 aliphatic heterocycles. The van der Waals surface area contributed by atoms with Gasteiger partial charge in [-0.05, 0) is 19.1 Å². The van der Waals surface area contributed by atoms with Gasteiger partial charge in [0.05, 0.1) is 22.0 Å². The second-order valence-electron chi connectivity index (χ2n) is 4.30. The molecule has 2 aromatic rings. The van der Waals surface area contributed by atoms with E-state index in [2.05, 4.69) is 10.4 Å². The maximum absolute atomic E-state index is 12.0. The fourth-order valence-corrected chi connectivity index (χ4v) is 2.00. The van der Waals surface area contributed by atoms with Gasteiger partial charge in [-0.1, -0.05) is 17.7 Å². The number of nitrogens with one attached hydrogen (secondary N) is 1. The van der Waals surface area contributed by atoms with E-state index in [0.29, 0.717) is 22.8 Å². The zero-order valence-corrected chi connectivity index (χ0v) is 11.5. The van der Waals surface area contributed by atoms with Crippen molar-refractivity contribution in [1.82, 2.24) is 15.1 Å². The molecule has 1 aromatic heterocycles. The average molecular weight is 279 g/mol. The lowest BCUT2D eigenvalue weighted by molar-refractivity contribution is 0.0952. The number of carbonyl (C=O) groups is 1. The second kappa shape index (κ2) is 5.32. The van der Waals surface area contributed by atoms with E-state index in [4.69, 9.17) is 17.3 Å². The first-order chi connectivity index (χ1) is 8.99. The summed E-state index contributed by atoms with van der Waals surface area (Å²) in [5, 5.41) is 7.40. The van der Waals surface area contributed by atoms with E-state index >= 15 is 0 Å². The molecule has 1 aromatic carbocycles.